The molecule has 2 fully saturated rings. The van der Waals surface area contributed by atoms with Crippen molar-refractivity contribution in [2.24, 2.45) is 0 Å². The molecule has 0 aromatic carbocycles. The van der Waals surface area contributed by atoms with Gasteiger partial charge in [0.1, 0.15) is 0 Å². The molecule has 6 heteroatoms. The monoisotopic (exact) mass is 250 g/mol. The van der Waals surface area contributed by atoms with Crippen LogP contribution in [0.2, 0.25) is 0 Å². The molecule has 1 saturated carbocycles. The van der Waals surface area contributed by atoms with Crippen molar-refractivity contribution in [3.05, 3.63) is 11.7 Å². The molecule has 18 heavy (non-hydrogen) atoms. The average molecular weight is 250 g/mol. The van der Waals surface area contributed by atoms with Gasteiger partial charge >= 0.3 is 0 Å². The molecule has 1 saturated heterocycles. The summed E-state index contributed by atoms with van der Waals surface area (Å²) in [5, 5.41) is 7.13. The lowest BCUT2D eigenvalue weighted by Crippen LogP contribution is -2.39. The predicted molar refractivity (Wildman–Crippen MR) is 63.9 cm³/mol. The molecule has 0 bridgehead atoms. The summed E-state index contributed by atoms with van der Waals surface area (Å²) in [5.74, 6) is 1.48. The minimum absolute atomic E-state index is 0.0296. The van der Waals surface area contributed by atoms with E-state index < -0.39 is 0 Å². The van der Waals surface area contributed by atoms with Crippen molar-refractivity contribution < 1.29 is 9.32 Å². The Morgan fingerprint density at radius 3 is 2.94 bits per heavy atom. The lowest BCUT2D eigenvalue weighted by Gasteiger charge is -2.15. The summed E-state index contributed by atoms with van der Waals surface area (Å²) in [6.07, 6.45) is 3.98. The van der Waals surface area contributed by atoms with Crippen LogP contribution < -0.4 is 5.32 Å². The third kappa shape index (κ3) is 2.53. The van der Waals surface area contributed by atoms with Crippen LogP contribution in [0.3, 0.4) is 0 Å². The zero-order valence-corrected chi connectivity index (χ0v) is 10.6. The number of nitrogens with one attached hydrogen (secondary N) is 1. The molecule has 1 N–H and O–H groups in total. The minimum Gasteiger partial charge on any atom is -0.341 e. The summed E-state index contributed by atoms with van der Waals surface area (Å²) in [4.78, 5) is 18.1. The standard InChI is InChI=1S/C12H18N4O2/c1-8-13-11(18-15-8)5-7-16-6-4-10(12(16)17)14-9-2-3-9/h9-10,14H,2-7H2,1H3. The van der Waals surface area contributed by atoms with E-state index in [0.717, 1.165) is 13.0 Å². The number of rotatable bonds is 5. The van der Waals surface area contributed by atoms with Crippen LogP contribution in [0, 0.1) is 6.92 Å². The van der Waals surface area contributed by atoms with Gasteiger partial charge in [0, 0.05) is 25.6 Å². The number of nitrogens with zero attached hydrogens (tertiary/aromatic N) is 3. The summed E-state index contributed by atoms with van der Waals surface area (Å²) in [6.45, 7) is 3.29. The van der Waals surface area contributed by atoms with Crippen molar-refractivity contribution in [1.82, 2.24) is 20.4 Å². The van der Waals surface area contributed by atoms with E-state index in [4.69, 9.17) is 4.52 Å². The summed E-state index contributed by atoms with van der Waals surface area (Å²) in [5.41, 5.74) is 0. The first kappa shape index (κ1) is 11.6. The number of amides is 1. The van der Waals surface area contributed by atoms with Crippen LogP contribution in [-0.2, 0) is 11.2 Å². The van der Waals surface area contributed by atoms with E-state index in [1.807, 2.05) is 4.90 Å². The van der Waals surface area contributed by atoms with E-state index in [-0.39, 0.29) is 11.9 Å². The van der Waals surface area contributed by atoms with Gasteiger partial charge in [-0.1, -0.05) is 5.16 Å². The maximum absolute atomic E-state index is 12.1. The lowest BCUT2D eigenvalue weighted by atomic mass is 10.2. The molecule has 6 nitrogen and oxygen atoms in total. The van der Waals surface area contributed by atoms with Crippen LogP contribution >= 0.6 is 0 Å². The second-order valence-corrected chi connectivity index (χ2v) is 5.09. The Morgan fingerprint density at radius 2 is 2.28 bits per heavy atom. The molecule has 1 aromatic heterocycles. The SMILES string of the molecule is Cc1noc(CCN2CCC(NC3CC3)C2=O)n1. The first-order valence-electron chi connectivity index (χ1n) is 6.56. The molecule has 0 radical (unpaired) electrons. The Balaban J connectivity index is 1.49. The van der Waals surface area contributed by atoms with Crippen molar-refractivity contribution in [3.63, 3.8) is 0 Å². The second-order valence-electron chi connectivity index (χ2n) is 5.09. The van der Waals surface area contributed by atoms with Crippen molar-refractivity contribution in [1.29, 1.82) is 0 Å². The maximum Gasteiger partial charge on any atom is 0.239 e. The highest BCUT2D eigenvalue weighted by Crippen LogP contribution is 2.22. The van der Waals surface area contributed by atoms with Gasteiger partial charge in [0.05, 0.1) is 6.04 Å². The van der Waals surface area contributed by atoms with E-state index in [9.17, 15) is 4.79 Å². The molecule has 1 aliphatic heterocycles. The van der Waals surface area contributed by atoms with Crippen LogP contribution in [0.5, 0.6) is 0 Å². The van der Waals surface area contributed by atoms with Crippen molar-refractivity contribution >= 4 is 5.91 Å². The predicted octanol–water partition coefficient (Wildman–Crippen LogP) is 0.273. The van der Waals surface area contributed by atoms with E-state index >= 15 is 0 Å². The fraction of sp³-hybridized carbons (Fsp3) is 0.750. The van der Waals surface area contributed by atoms with Crippen LogP contribution in [0.1, 0.15) is 31.0 Å². The van der Waals surface area contributed by atoms with Crippen LogP contribution in [-0.4, -0.2) is 46.1 Å². The maximum atomic E-state index is 12.1. The minimum atomic E-state index is 0.0296. The number of likely N-dealkylation sites (tertiary alicyclic amines) is 1. The van der Waals surface area contributed by atoms with Crippen LogP contribution in [0.4, 0.5) is 0 Å². The molecule has 1 aliphatic carbocycles. The first-order valence-corrected chi connectivity index (χ1v) is 6.56. The van der Waals surface area contributed by atoms with Gasteiger partial charge in [-0.05, 0) is 26.2 Å². The van der Waals surface area contributed by atoms with Gasteiger partial charge in [0.25, 0.3) is 0 Å². The Hall–Kier alpha value is -1.43. The highest BCUT2D eigenvalue weighted by molar-refractivity contribution is 5.84. The third-order valence-electron chi connectivity index (χ3n) is 3.48. The Labute approximate surface area is 106 Å². The van der Waals surface area contributed by atoms with Crippen LogP contribution in [0.25, 0.3) is 0 Å². The van der Waals surface area contributed by atoms with E-state index in [0.29, 0.717) is 30.7 Å². The van der Waals surface area contributed by atoms with Crippen molar-refractivity contribution in [2.75, 3.05) is 13.1 Å². The fourth-order valence-corrected chi connectivity index (χ4v) is 2.32. The molecule has 1 unspecified atom stereocenters. The van der Waals surface area contributed by atoms with Crippen LogP contribution in [0.15, 0.2) is 4.52 Å². The molecule has 2 heterocycles. The molecular formula is C12H18N4O2. The van der Waals surface area contributed by atoms with Gasteiger partial charge in [0.15, 0.2) is 5.82 Å². The molecule has 1 aromatic rings. The largest absolute Gasteiger partial charge is 0.341 e. The third-order valence-corrected chi connectivity index (χ3v) is 3.48. The second kappa shape index (κ2) is 4.68. The zero-order valence-electron chi connectivity index (χ0n) is 10.6. The summed E-state index contributed by atoms with van der Waals surface area (Å²) >= 11 is 0. The normalized spacial score (nSPS) is 23.9. The Bertz CT molecular complexity index is 441. The Kier molecular flexibility index (Phi) is 3.03. The molecule has 1 amide bonds. The number of carbonyl (C=O) groups is 1. The zero-order chi connectivity index (χ0) is 12.5. The average Bonchev–Trinajstić information content (AvgIpc) is 2.98. The number of aryl methyl sites for hydroxylation is 1. The topological polar surface area (TPSA) is 71.3 Å². The summed E-state index contributed by atoms with van der Waals surface area (Å²) < 4.78 is 5.05. The van der Waals surface area contributed by atoms with E-state index in [2.05, 4.69) is 15.5 Å². The number of hydrogen-bond donors (Lipinski definition) is 1. The number of carbonyl (C=O) groups excluding carboxylic acids is 1. The fourth-order valence-electron chi connectivity index (χ4n) is 2.32. The highest BCUT2D eigenvalue weighted by atomic mass is 16.5. The van der Waals surface area contributed by atoms with Gasteiger partial charge in [-0.15, -0.1) is 0 Å². The van der Waals surface area contributed by atoms with Gasteiger partial charge in [-0.25, -0.2) is 0 Å². The Morgan fingerprint density at radius 1 is 1.44 bits per heavy atom. The molecular weight excluding hydrogens is 232 g/mol. The molecule has 3 rings (SSSR count). The van der Waals surface area contributed by atoms with E-state index in [1.54, 1.807) is 6.92 Å². The van der Waals surface area contributed by atoms with Gasteiger partial charge < -0.3 is 14.7 Å². The van der Waals surface area contributed by atoms with Gasteiger partial charge in [-0.2, -0.15) is 4.98 Å². The highest BCUT2D eigenvalue weighted by Gasteiger charge is 2.35. The molecule has 0 spiro atoms. The van der Waals surface area contributed by atoms with Crippen molar-refractivity contribution in [3.8, 4) is 0 Å². The first-order chi connectivity index (χ1) is 8.72. The molecule has 98 valence electrons. The number of aromatic nitrogens is 2. The van der Waals surface area contributed by atoms with E-state index in [1.165, 1.54) is 12.8 Å². The lowest BCUT2D eigenvalue weighted by molar-refractivity contribution is -0.129. The van der Waals surface area contributed by atoms with Crippen molar-refractivity contribution in [2.45, 2.75) is 44.7 Å². The smallest absolute Gasteiger partial charge is 0.239 e. The molecule has 2 aliphatic rings. The molecule has 1 atom stereocenters. The quantitative estimate of drug-likeness (QED) is 0.812. The summed E-state index contributed by atoms with van der Waals surface area (Å²) in [7, 11) is 0. The van der Waals surface area contributed by atoms with Gasteiger partial charge in [0.2, 0.25) is 11.8 Å². The summed E-state index contributed by atoms with van der Waals surface area (Å²) in [6, 6.07) is 0.611. The number of hydrogen-bond acceptors (Lipinski definition) is 5. The van der Waals surface area contributed by atoms with Gasteiger partial charge in [-0.3, -0.25) is 4.79 Å².